The van der Waals surface area contributed by atoms with E-state index in [-0.39, 0.29) is 29.7 Å². The van der Waals surface area contributed by atoms with Crippen LogP contribution in [0.15, 0.2) is 127 Å². The Morgan fingerprint density at radius 3 is 2.09 bits per heavy atom. The Bertz CT molecular complexity index is 1850. The molecular weight excluding hydrogens is 604 g/mol. The van der Waals surface area contributed by atoms with Gasteiger partial charge < -0.3 is 24.5 Å². The van der Waals surface area contributed by atoms with E-state index in [1.165, 1.54) is 24.3 Å². The van der Waals surface area contributed by atoms with E-state index in [2.05, 4.69) is 0 Å². The van der Waals surface area contributed by atoms with Crippen LogP contribution in [0.25, 0.3) is 11.1 Å². The Morgan fingerprint density at radius 1 is 0.804 bits per heavy atom. The molecule has 0 spiro atoms. The molecule has 9 heteroatoms. The zero-order valence-corrected chi connectivity index (χ0v) is 25.7. The van der Waals surface area contributed by atoms with Crippen LogP contribution < -0.4 is 14.9 Å². The molecule has 0 saturated carbocycles. The highest BCUT2D eigenvalue weighted by Gasteiger charge is 2.49. The third-order valence-electron chi connectivity index (χ3n) is 8.36. The first kappa shape index (κ1) is 31.4. The van der Waals surface area contributed by atoms with Crippen molar-refractivity contribution in [3.8, 4) is 16.9 Å². The molecule has 6 rings (SSSR count). The Labute approximate surface area is 266 Å². The van der Waals surface area contributed by atoms with Crippen LogP contribution in [0.3, 0.4) is 0 Å². The van der Waals surface area contributed by atoms with Crippen LogP contribution in [0.4, 0.5) is 10.1 Å². The molecule has 1 amide bonds. The number of nitrogens with zero attached hydrogens (tertiary/aromatic N) is 1. The summed E-state index contributed by atoms with van der Waals surface area (Å²) in [6.45, 7) is 0.286. The van der Waals surface area contributed by atoms with Gasteiger partial charge in [-0.05, 0) is 77.6 Å². The minimum absolute atomic E-state index is 0.0615. The molecule has 5 aromatic carbocycles. The normalized spacial score (nSPS) is 17.0. The number of hydrogen-bond acceptors (Lipinski definition) is 4. The number of amides is 1. The third-order valence-corrected chi connectivity index (χ3v) is 9.33. The molecule has 0 radical (unpaired) electrons. The number of rotatable bonds is 11. The fourth-order valence-corrected chi connectivity index (χ4v) is 6.46. The van der Waals surface area contributed by atoms with Gasteiger partial charge in [-0.2, -0.15) is 0 Å². The van der Waals surface area contributed by atoms with Gasteiger partial charge in [0, 0.05) is 11.3 Å². The van der Waals surface area contributed by atoms with Gasteiger partial charge in [0.25, 0.3) is 0 Å². The summed E-state index contributed by atoms with van der Waals surface area (Å²) >= 11 is 0. The summed E-state index contributed by atoms with van der Waals surface area (Å²) in [4.78, 5) is 34.6. The Hall–Kier alpha value is -4.59. The van der Waals surface area contributed by atoms with Crippen LogP contribution in [-0.2, 0) is 16.0 Å². The van der Waals surface area contributed by atoms with Crippen LogP contribution in [0.1, 0.15) is 41.7 Å². The summed E-state index contributed by atoms with van der Waals surface area (Å²) in [5, 5.41) is 10.8. The largest absolute Gasteiger partial charge is 0.489 e. The summed E-state index contributed by atoms with van der Waals surface area (Å²) < 4.78 is 31.6. The third kappa shape index (κ3) is 6.81. The minimum Gasteiger partial charge on any atom is -0.489 e. The second-order valence-corrected chi connectivity index (χ2v) is 13.0. The second-order valence-electron chi connectivity index (χ2n) is 11.4. The van der Waals surface area contributed by atoms with E-state index in [0.717, 1.165) is 27.9 Å². The summed E-state index contributed by atoms with van der Waals surface area (Å²) in [5.41, 5.74) is 4.63. The standard InChI is InChI=1S/C37H33FNO6P/c38-29-16-11-27(12-17-29)34(40)22-21-33-36(39(37(33)41)30-9-5-2-6-10-30)32-20-15-28(26-13-18-31(19-14-26)46(42,43)44)23-35(32)45-24-25-7-3-1-4-8-25/h1-20,23,33-34,36,40H,21-22,24H2,(H2,42,43,44). The van der Waals surface area contributed by atoms with E-state index < -0.39 is 19.6 Å². The molecule has 0 aromatic heterocycles. The number of halogens is 1. The quantitative estimate of drug-likeness (QED) is 0.105. The molecule has 1 heterocycles. The average molecular weight is 638 g/mol. The lowest BCUT2D eigenvalue weighted by Crippen LogP contribution is -2.55. The van der Waals surface area contributed by atoms with E-state index in [1.54, 1.807) is 29.2 Å². The lowest BCUT2D eigenvalue weighted by molar-refractivity contribution is -0.131. The van der Waals surface area contributed by atoms with Gasteiger partial charge >= 0.3 is 7.60 Å². The fraction of sp³-hybridized carbons (Fsp3) is 0.162. The summed E-state index contributed by atoms with van der Waals surface area (Å²) in [6, 6.07) is 36.4. The lowest BCUT2D eigenvalue weighted by Gasteiger charge is -2.48. The van der Waals surface area contributed by atoms with Crippen molar-refractivity contribution in [2.24, 2.45) is 5.92 Å². The Kier molecular flexibility index (Phi) is 9.15. The first-order valence-corrected chi connectivity index (χ1v) is 16.6. The molecule has 1 aliphatic rings. The van der Waals surface area contributed by atoms with Crippen molar-refractivity contribution in [1.29, 1.82) is 0 Å². The van der Waals surface area contributed by atoms with Crippen molar-refractivity contribution in [1.82, 2.24) is 0 Å². The zero-order valence-electron chi connectivity index (χ0n) is 24.8. The maximum absolute atomic E-state index is 13.7. The smallest absolute Gasteiger partial charge is 0.356 e. The van der Waals surface area contributed by atoms with Gasteiger partial charge in [0.15, 0.2) is 0 Å². The van der Waals surface area contributed by atoms with E-state index in [1.807, 2.05) is 78.9 Å². The Balaban J connectivity index is 1.36. The highest BCUT2D eigenvalue weighted by atomic mass is 31.2. The number of hydrogen-bond donors (Lipinski definition) is 3. The molecule has 1 saturated heterocycles. The maximum atomic E-state index is 13.7. The molecule has 5 aromatic rings. The average Bonchev–Trinajstić information content (AvgIpc) is 3.07. The number of benzene rings is 5. The first-order valence-electron chi connectivity index (χ1n) is 15.0. The molecule has 46 heavy (non-hydrogen) atoms. The van der Waals surface area contributed by atoms with Gasteiger partial charge in [0.2, 0.25) is 5.91 Å². The highest BCUT2D eigenvalue weighted by molar-refractivity contribution is 7.60. The zero-order chi connectivity index (χ0) is 32.3. The summed E-state index contributed by atoms with van der Waals surface area (Å²) in [7, 11) is -4.38. The monoisotopic (exact) mass is 637 g/mol. The van der Waals surface area contributed by atoms with Crippen LogP contribution >= 0.6 is 7.60 Å². The second kappa shape index (κ2) is 13.4. The Morgan fingerprint density at radius 2 is 1.43 bits per heavy atom. The predicted molar refractivity (Wildman–Crippen MR) is 175 cm³/mol. The number of anilines is 1. The fourth-order valence-electron chi connectivity index (χ4n) is 5.92. The van der Waals surface area contributed by atoms with Gasteiger partial charge in [0.1, 0.15) is 18.2 Å². The van der Waals surface area contributed by atoms with Crippen molar-refractivity contribution in [2.45, 2.75) is 31.6 Å². The predicted octanol–water partition coefficient (Wildman–Crippen LogP) is 7.09. The lowest BCUT2D eigenvalue weighted by atomic mass is 9.77. The molecule has 3 atom stereocenters. The highest BCUT2D eigenvalue weighted by Crippen LogP contribution is 2.49. The molecule has 0 bridgehead atoms. The number of carbonyl (C=O) groups excluding carboxylic acids is 1. The molecule has 3 N–H and O–H groups in total. The van der Waals surface area contributed by atoms with Crippen molar-refractivity contribution in [3.63, 3.8) is 0 Å². The topological polar surface area (TPSA) is 107 Å². The van der Waals surface area contributed by atoms with Gasteiger partial charge in [-0.1, -0.05) is 84.9 Å². The summed E-state index contributed by atoms with van der Waals surface area (Å²) in [5.74, 6) is -0.313. The SMILES string of the molecule is O=C1C(CCC(O)c2ccc(F)cc2)C(c2ccc(-c3ccc(P(=O)(O)O)cc3)cc2OCc2ccccc2)N1c1ccccc1. The number of para-hydroxylation sites is 1. The van der Waals surface area contributed by atoms with E-state index >= 15 is 0 Å². The van der Waals surface area contributed by atoms with Crippen LogP contribution in [-0.4, -0.2) is 20.8 Å². The van der Waals surface area contributed by atoms with Crippen molar-refractivity contribution < 1.29 is 33.4 Å². The molecule has 7 nitrogen and oxygen atoms in total. The first-order chi connectivity index (χ1) is 22.2. The number of β-lactam (4-membered cyclic amide) rings is 1. The van der Waals surface area contributed by atoms with Gasteiger partial charge in [0.05, 0.1) is 23.4 Å². The molecular formula is C37H33FNO6P. The van der Waals surface area contributed by atoms with Gasteiger partial charge in [-0.15, -0.1) is 0 Å². The minimum atomic E-state index is -4.38. The summed E-state index contributed by atoms with van der Waals surface area (Å²) in [6.07, 6.45) is -0.146. The van der Waals surface area contributed by atoms with Crippen molar-refractivity contribution >= 4 is 24.5 Å². The number of aliphatic hydroxyl groups is 1. The van der Waals surface area contributed by atoms with Gasteiger partial charge in [-0.25, -0.2) is 4.39 Å². The molecule has 3 unspecified atom stereocenters. The van der Waals surface area contributed by atoms with E-state index in [9.17, 15) is 28.6 Å². The van der Waals surface area contributed by atoms with Crippen molar-refractivity contribution in [3.05, 3.63) is 150 Å². The van der Waals surface area contributed by atoms with Crippen LogP contribution in [0.5, 0.6) is 5.75 Å². The number of aliphatic hydroxyl groups excluding tert-OH is 1. The van der Waals surface area contributed by atoms with Crippen LogP contribution in [0, 0.1) is 11.7 Å². The molecule has 234 valence electrons. The molecule has 1 fully saturated rings. The maximum Gasteiger partial charge on any atom is 0.356 e. The number of ether oxygens (including phenoxy) is 1. The van der Waals surface area contributed by atoms with E-state index in [0.29, 0.717) is 24.2 Å². The molecule has 1 aliphatic heterocycles. The molecule has 0 aliphatic carbocycles. The van der Waals surface area contributed by atoms with E-state index in [4.69, 9.17) is 4.74 Å². The number of carbonyl (C=O) groups is 1. The van der Waals surface area contributed by atoms with Crippen LogP contribution in [0.2, 0.25) is 0 Å². The van der Waals surface area contributed by atoms with Crippen molar-refractivity contribution in [2.75, 3.05) is 4.90 Å². The van der Waals surface area contributed by atoms with Gasteiger partial charge in [-0.3, -0.25) is 9.36 Å².